The molecule has 1 aromatic rings. The number of rotatable bonds is 2. The number of hydrogen-bond acceptors (Lipinski definition) is 4. The van der Waals surface area contributed by atoms with Gasteiger partial charge in [0, 0.05) is 0 Å². The van der Waals surface area contributed by atoms with Gasteiger partial charge in [-0.1, -0.05) is 0 Å². The predicted molar refractivity (Wildman–Crippen MR) is 57.3 cm³/mol. The van der Waals surface area contributed by atoms with Crippen molar-refractivity contribution in [1.82, 2.24) is 5.32 Å². The highest BCUT2D eigenvalue weighted by atomic mass is 79.9. The summed E-state index contributed by atoms with van der Waals surface area (Å²) in [4.78, 5) is 11.8. The van der Waals surface area contributed by atoms with Crippen LogP contribution in [0.15, 0.2) is 21.2 Å². The second-order valence-corrected chi connectivity index (χ2v) is 4.31. The van der Waals surface area contributed by atoms with Crippen LogP contribution in [-0.4, -0.2) is 19.6 Å². The van der Waals surface area contributed by atoms with E-state index in [0.29, 0.717) is 16.9 Å². The number of esters is 1. The van der Waals surface area contributed by atoms with Gasteiger partial charge in [0.15, 0.2) is 10.2 Å². The quantitative estimate of drug-likeness (QED) is 0.835. The molecule has 5 heteroatoms. The van der Waals surface area contributed by atoms with Gasteiger partial charge in [-0.3, -0.25) is 5.32 Å². The largest absolute Gasteiger partial charge is 0.467 e. The molecule has 0 radical (unpaired) electrons. The van der Waals surface area contributed by atoms with Gasteiger partial charge in [0.2, 0.25) is 0 Å². The summed E-state index contributed by atoms with van der Waals surface area (Å²) in [7, 11) is 1.39. The Morgan fingerprint density at radius 3 is 2.93 bits per heavy atom. The molecule has 1 aromatic heterocycles. The number of hydrogen-bond donors (Lipinski definition) is 1. The van der Waals surface area contributed by atoms with Gasteiger partial charge >= 0.3 is 5.97 Å². The predicted octanol–water partition coefficient (Wildman–Crippen LogP) is 1.79. The second-order valence-electron chi connectivity index (χ2n) is 3.53. The Labute approximate surface area is 96.1 Å². The lowest BCUT2D eigenvalue weighted by Crippen LogP contribution is -2.45. The molecule has 4 nitrogen and oxygen atoms in total. The number of ether oxygens (including phenoxy) is 1. The van der Waals surface area contributed by atoms with Crippen LogP contribution >= 0.6 is 15.9 Å². The lowest BCUT2D eigenvalue weighted by molar-refractivity contribution is -0.149. The molecule has 2 rings (SSSR count). The Balaban J connectivity index is 2.38. The van der Waals surface area contributed by atoms with Crippen LogP contribution < -0.4 is 5.32 Å². The summed E-state index contributed by atoms with van der Waals surface area (Å²) < 4.78 is 10.9. The molecule has 1 fully saturated rings. The van der Waals surface area contributed by atoms with E-state index in [2.05, 4.69) is 21.2 Å². The van der Waals surface area contributed by atoms with Gasteiger partial charge in [-0.15, -0.1) is 0 Å². The zero-order valence-corrected chi connectivity index (χ0v) is 9.96. The Morgan fingerprint density at radius 2 is 2.47 bits per heavy atom. The number of halogens is 1. The molecule has 15 heavy (non-hydrogen) atoms. The van der Waals surface area contributed by atoms with Crippen LogP contribution in [0.5, 0.6) is 0 Å². The zero-order chi connectivity index (χ0) is 10.9. The van der Waals surface area contributed by atoms with Crippen LogP contribution in [0, 0.1) is 0 Å². The van der Waals surface area contributed by atoms with Crippen molar-refractivity contribution in [2.24, 2.45) is 0 Å². The standard InChI is InChI=1S/C10H12BrNO3/c1-14-9(13)10(5-2-6-12-10)7-3-4-8(11)15-7/h3-4,12H,2,5-6H2,1H3. The van der Waals surface area contributed by atoms with Crippen LogP contribution in [0.4, 0.5) is 0 Å². The maximum absolute atomic E-state index is 11.8. The van der Waals surface area contributed by atoms with Crippen molar-refractivity contribution in [3.63, 3.8) is 0 Å². The van der Waals surface area contributed by atoms with E-state index in [4.69, 9.17) is 9.15 Å². The van der Waals surface area contributed by atoms with E-state index in [-0.39, 0.29) is 5.97 Å². The first-order valence-electron chi connectivity index (χ1n) is 4.78. The van der Waals surface area contributed by atoms with E-state index in [1.807, 2.05) is 0 Å². The molecule has 82 valence electrons. The molecule has 0 aliphatic carbocycles. The molecule has 1 aliphatic rings. The number of methoxy groups -OCH3 is 1. The highest BCUT2D eigenvalue weighted by Gasteiger charge is 2.46. The van der Waals surface area contributed by atoms with Gasteiger partial charge in [-0.2, -0.15) is 0 Å². The van der Waals surface area contributed by atoms with E-state index in [0.717, 1.165) is 13.0 Å². The summed E-state index contributed by atoms with van der Waals surface area (Å²) >= 11 is 3.23. The number of nitrogens with one attached hydrogen (secondary N) is 1. The number of furan rings is 1. The zero-order valence-electron chi connectivity index (χ0n) is 8.38. The molecule has 0 aromatic carbocycles. The van der Waals surface area contributed by atoms with Crippen molar-refractivity contribution < 1.29 is 13.9 Å². The third-order valence-corrected chi connectivity index (χ3v) is 3.11. The molecular weight excluding hydrogens is 262 g/mol. The third-order valence-electron chi connectivity index (χ3n) is 2.68. The van der Waals surface area contributed by atoms with E-state index in [1.165, 1.54) is 7.11 Å². The van der Waals surface area contributed by atoms with Gasteiger partial charge in [0.1, 0.15) is 5.76 Å². The lowest BCUT2D eigenvalue weighted by atomic mass is 9.94. The third kappa shape index (κ3) is 1.70. The van der Waals surface area contributed by atoms with E-state index >= 15 is 0 Å². The molecule has 0 saturated carbocycles. The van der Waals surface area contributed by atoms with Crippen molar-refractivity contribution in [3.8, 4) is 0 Å². The van der Waals surface area contributed by atoms with Crippen LogP contribution in [0.25, 0.3) is 0 Å². The highest BCUT2D eigenvalue weighted by Crippen LogP contribution is 2.34. The van der Waals surface area contributed by atoms with Crippen LogP contribution in [0.3, 0.4) is 0 Å². The normalized spacial score (nSPS) is 25.5. The molecule has 1 aliphatic heterocycles. The highest BCUT2D eigenvalue weighted by molar-refractivity contribution is 9.10. The van der Waals surface area contributed by atoms with Crippen LogP contribution in [-0.2, 0) is 15.1 Å². The molecule has 1 N–H and O–H groups in total. The second kappa shape index (κ2) is 3.98. The van der Waals surface area contributed by atoms with Crippen molar-refractivity contribution in [1.29, 1.82) is 0 Å². The molecular formula is C10H12BrNO3. The molecule has 0 amide bonds. The van der Waals surface area contributed by atoms with E-state index in [1.54, 1.807) is 12.1 Å². The summed E-state index contributed by atoms with van der Waals surface area (Å²) in [6, 6.07) is 3.57. The lowest BCUT2D eigenvalue weighted by Gasteiger charge is -2.23. The van der Waals surface area contributed by atoms with Gasteiger partial charge in [-0.05, 0) is 47.4 Å². The summed E-state index contributed by atoms with van der Waals surface area (Å²) in [5, 5.41) is 3.16. The van der Waals surface area contributed by atoms with Gasteiger partial charge in [0.25, 0.3) is 0 Å². The van der Waals surface area contributed by atoms with Crippen molar-refractivity contribution >= 4 is 21.9 Å². The molecule has 0 spiro atoms. The summed E-state index contributed by atoms with van der Waals surface area (Å²) in [5.41, 5.74) is -0.791. The first-order chi connectivity index (χ1) is 7.19. The Morgan fingerprint density at radius 1 is 1.67 bits per heavy atom. The Kier molecular flexibility index (Phi) is 2.84. The van der Waals surface area contributed by atoms with E-state index in [9.17, 15) is 4.79 Å². The average Bonchev–Trinajstić information content (AvgIpc) is 2.85. The summed E-state index contributed by atoms with van der Waals surface area (Å²) in [5.74, 6) is 0.320. The smallest absolute Gasteiger partial charge is 0.334 e. The van der Waals surface area contributed by atoms with Crippen LogP contribution in [0.2, 0.25) is 0 Å². The summed E-state index contributed by atoms with van der Waals surface area (Å²) in [6.45, 7) is 0.799. The monoisotopic (exact) mass is 273 g/mol. The summed E-state index contributed by atoms with van der Waals surface area (Å²) in [6.07, 6.45) is 1.65. The van der Waals surface area contributed by atoms with Crippen molar-refractivity contribution in [3.05, 3.63) is 22.6 Å². The maximum atomic E-state index is 11.8. The van der Waals surface area contributed by atoms with Crippen LogP contribution in [0.1, 0.15) is 18.6 Å². The maximum Gasteiger partial charge on any atom is 0.334 e. The van der Waals surface area contributed by atoms with Crippen molar-refractivity contribution in [2.45, 2.75) is 18.4 Å². The SMILES string of the molecule is COC(=O)C1(c2ccc(Br)o2)CCCN1. The fourth-order valence-corrected chi connectivity index (χ4v) is 2.25. The van der Waals surface area contributed by atoms with E-state index < -0.39 is 5.54 Å². The van der Waals surface area contributed by atoms with Gasteiger partial charge in [-0.25, -0.2) is 4.79 Å². The Bertz CT molecular complexity index is 368. The molecule has 1 saturated heterocycles. The Hall–Kier alpha value is -0.810. The topological polar surface area (TPSA) is 51.5 Å². The first-order valence-corrected chi connectivity index (χ1v) is 5.57. The minimum absolute atomic E-state index is 0.290. The molecule has 1 atom stereocenters. The number of carbonyl (C=O) groups is 1. The minimum Gasteiger partial charge on any atom is -0.467 e. The number of carbonyl (C=O) groups excluding carboxylic acids is 1. The fraction of sp³-hybridized carbons (Fsp3) is 0.500. The molecule has 0 bridgehead atoms. The molecule has 1 unspecified atom stereocenters. The minimum atomic E-state index is -0.791. The molecule has 2 heterocycles. The first kappa shape index (κ1) is 10.7. The van der Waals surface area contributed by atoms with Gasteiger partial charge in [0.05, 0.1) is 7.11 Å². The fourth-order valence-electron chi connectivity index (χ4n) is 1.95. The van der Waals surface area contributed by atoms with Gasteiger partial charge < -0.3 is 9.15 Å². The van der Waals surface area contributed by atoms with Crippen molar-refractivity contribution in [2.75, 3.05) is 13.7 Å². The average molecular weight is 274 g/mol.